The number of nitrogens with one attached hydrogen (secondary N) is 3. The van der Waals surface area contributed by atoms with Gasteiger partial charge in [0.1, 0.15) is 11.6 Å². The molecule has 1 aliphatic rings. The van der Waals surface area contributed by atoms with Gasteiger partial charge in [0.15, 0.2) is 5.82 Å². The summed E-state index contributed by atoms with van der Waals surface area (Å²) in [5.74, 6) is 2.85. The molecule has 4 aromatic rings. The van der Waals surface area contributed by atoms with Gasteiger partial charge in [-0.1, -0.05) is 29.8 Å². The van der Waals surface area contributed by atoms with Gasteiger partial charge < -0.3 is 25.2 Å². The lowest BCUT2D eigenvalue weighted by atomic mass is 10.1. The summed E-state index contributed by atoms with van der Waals surface area (Å²) in [6.45, 7) is 1.74. The molecule has 5 rings (SSSR count). The zero-order valence-electron chi connectivity index (χ0n) is 18.7. The smallest absolute Gasteiger partial charge is 0.228 e. The molecule has 4 heterocycles. The third-order valence-corrected chi connectivity index (χ3v) is 6.13. The molecule has 1 aromatic carbocycles. The molecule has 0 bridgehead atoms. The van der Waals surface area contributed by atoms with E-state index in [1.807, 2.05) is 30.3 Å². The summed E-state index contributed by atoms with van der Waals surface area (Å²) in [6.07, 6.45) is 8.23. The highest BCUT2D eigenvalue weighted by Gasteiger charge is 2.22. The number of nitrogens with zero attached hydrogens (tertiary/aromatic N) is 6. The van der Waals surface area contributed by atoms with Gasteiger partial charge in [0.2, 0.25) is 5.95 Å². The number of hydrogen-bond acceptors (Lipinski definition) is 7. The van der Waals surface area contributed by atoms with E-state index in [9.17, 15) is 0 Å². The van der Waals surface area contributed by atoms with E-state index in [2.05, 4.69) is 52.2 Å². The first-order valence-electron chi connectivity index (χ1n) is 11.0. The van der Waals surface area contributed by atoms with Crippen molar-refractivity contribution in [1.82, 2.24) is 34.6 Å². The first-order chi connectivity index (χ1) is 16.7. The van der Waals surface area contributed by atoms with Crippen molar-refractivity contribution in [3.05, 3.63) is 77.1 Å². The lowest BCUT2D eigenvalue weighted by Gasteiger charge is -2.09. The first kappa shape index (κ1) is 21.8. The van der Waals surface area contributed by atoms with Crippen LogP contribution in [0.25, 0.3) is 22.8 Å². The number of aromatic nitrogens is 6. The molecule has 34 heavy (non-hydrogen) atoms. The highest BCUT2D eigenvalue weighted by atomic mass is 35.5. The number of rotatable bonds is 7. The van der Waals surface area contributed by atoms with E-state index < -0.39 is 0 Å². The van der Waals surface area contributed by atoms with Gasteiger partial charge in [-0.05, 0) is 36.3 Å². The van der Waals surface area contributed by atoms with Crippen LogP contribution in [0.5, 0.6) is 0 Å². The molecule has 0 fully saturated rings. The molecule has 10 heteroatoms. The van der Waals surface area contributed by atoms with E-state index in [-0.39, 0.29) is 0 Å². The number of fused-ring (bicyclic) bond motifs is 3. The van der Waals surface area contributed by atoms with Crippen LogP contribution in [0.2, 0.25) is 5.02 Å². The van der Waals surface area contributed by atoms with E-state index in [0.29, 0.717) is 18.2 Å². The van der Waals surface area contributed by atoms with Gasteiger partial charge in [-0.25, -0.2) is 9.97 Å². The minimum atomic E-state index is 0.450. The minimum Gasteiger partial charge on any atom is -0.375 e. The molecular weight excluding hydrogens is 450 g/mol. The van der Waals surface area contributed by atoms with Crippen molar-refractivity contribution in [2.75, 3.05) is 12.4 Å². The second-order valence-corrected chi connectivity index (χ2v) is 8.32. The van der Waals surface area contributed by atoms with E-state index in [4.69, 9.17) is 17.0 Å². The number of aryl methyl sites for hydroxylation is 1. The van der Waals surface area contributed by atoms with Crippen molar-refractivity contribution in [3.63, 3.8) is 0 Å². The van der Waals surface area contributed by atoms with Crippen LogP contribution in [0, 0.1) is 5.41 Å². The number of hydrogen-bond donors (Lipinski definition) is 3. The second kappa shape index (κ2) is 9.48. The van der Waals surface area contributed by atoms with Gasteiger partial charge in [0, 0.05) is 55.8 Å². The van der Waals surface area contributed by atoms with Crippen LogP contribution >= 0.6 is 11.6 Å². The van der Waals surface area contributed by atoms with Crippen LogP contribution in [0.1, 0.15) is 17.8 Å². The maximum Gasteiger partial charge on any atom is 0.228 e. The molecule has 9 nitrogen and oxygen atoms in total. The van der Waals surface area contributed by atoms with Gasteiger partial charge in [0.25, 0.3) is 0 Å². The van der Waals surface area contributed by atoms with E-state index in [1.165, 1.54) is 6.21 Å². The fourth-order valence-corrected chi connectivity index (χ4v) is 4.30. The predicted octanol–water partition coefficient (Wildman–Crippen LogP) is 3.97. The molecule has 1 aliphatic heterocycles. The number of allylic oxidation sites excluding steroid dienone is 1. The molecule has 0 spiro atoms. The molecule has 172 valence electrons. The summed E-state index contributed by atoms with van der Waals surface area (Å²) in [7, 11) is 1.77. The monoisotopic (exact) mass is 473 g/mol. The van der Waals surface area contributed by atoms with Crippen molar-refractivity contribution in [1.29, 1.82) is 5.41 Å². The van der Waals surface area contributed by atoms with Crippen molar-refractivity contribution in [2.45, 2.75) is 25.9 Å². The highest BCUT2D eigenvalue weighted by molar-refractivity contribution is 6.31. The Morgan fingerprint density at radius 2 is 2.09 bits per heavy atom. The standard InChI is InChI=1S/C24H24ClN9/c1-27-21(7-9-26)30-24-28-10-8-19(29-24)17-13-20-23-32-31-22(14-16-5-2-3-6-18(16)25)34(23)12-4-11-33(20)15-17/h2-3,5-10,13,15,26-27H,4,11-12,14H2,1H3,(H,28,29,30)/b21-7+,26-9?. The summed E-state index contributed by atoms with van der Waals surface area (Å²) in [6, 6.07) is 11.8. The molecule has 0 radical (unpaired) electrons. The van der Waals surface area contributed by atoms with Crippen LogP contribution < -0.4 is 10.6 Å². The molecule has 3 N–H and O–H groups in total. The van der Waals surface area contributed by atoms with Crippen LogP contribution in [0.15, 0.2) is 60.7 Å². The number of benzene rings is 1. The predicted molar refractivity (Wildman–Crippen MR) is 133 cm³/mol. The lowest BCUT2D eigenvalue weighted by molar-refractivity contribution is 0.580. The van der Waals surface area contributed by atoms with Crippen LogP contribution in [-0.2, 0) is 19.5 Å². The average Bonchev–Trinajstić information content (AvgIpc) is 3.40. The van der Waals surface area contributed by atoms with Crippen LogP contribution in [-0.4, -0.2) is 42.6 Å². The zero-order chi connectivity index (χ0) is 23.5. The third kappa shape index (κ3) is 4.29. The molecule has 0 saturated heterocycles. The third-order valence-electron chi connectivity index (χ3n) is 5.76. The second-order valence-electron chi connectivity index (χ2n) is 7.91. The van der Waals surface area contributed by atoms with Gasteiger partial charge >= 0.3 is 0 Å². The summed E-state index contributed by atoms with van der Waals surface area (Å²) in [4.78, 5) is 8.95. The van der Waals surface area contributed by atoms with Crippen molar-refractivity contribution in [3.8, 4) is 22.8 Å². The fourth-order valence-electron chi connectivity index (χ4n) is 4.10. The zero-order valence-corrected chi connectivity index (χ0v) is 19.4. The summed E-state index contributed by atoms with van der Waals surface area (Å²) >= 11 is 6.38. The van der Waals surface area contributed by atoms with Gasteiger partial charge in [-0.3, -0.25) is 0 Å². The van der Waals surface area contributed by atoms with Crippen LogP contribution in [0.3, 0.4) is 0 Å². The maximum atomic E-state index is 7.26. The molecular formula is C24H24ClN9. The quantitative estimate of drug-likeness (QED) is 0.350. The molecule has 0 aliphatic carbocycles. The molecule has 0 unspecified atom stereocenters. The Morgan fingerprint density at radius 1 is 1.21 bits per heavy atom. The minimum absolute atomic E-state index is 0.450. The largest absolute Gasteiger partial charge is 0.375 e. The summed E-state index contributed by atoms with van der Waals surface area (Å²) in [5, 5.41) is 23.1. The maximum absolute atomic E-state index is 7.26. The van der Waals surface area contributed by atoms with Gasteiger partial charge in [-0.15, -0.1) is 10.2 Å². The highest BCUT2D eigenvalue weighted by Crippen LogP contribution is 2.31. The van der Waals surface area contributed by atoms with E-state index in [1.54, 1.807) is 19.3 Å². The Kier molecular flexibility index (Phi) is 6.09. The van der Waals surface area contributed by atoms with Gasteiger partial charge in [-0.2, -0.15) is 0 Å². The normalized spacial score (nSPS) is 13.1. The Balaban J connectivity index is 1.47. The Bertz CT molecular complexity index is 1370. The summed E-state index contributed by atoms with van der Waals surface area (Å²) in [5.41, 5.74) is 3.83. The van der Waals surface area contributed by atoms with Gasteiger partial charge in [0.05, 0.1) is 11.4 Å². The molecule has 3 aromatic heterocycles. The average molecular weight is 474 g/mol. The van der Waals surface area contributed by atoms with Crippen molar-refractivity contribution in [2.24, 2.45) is 0 Å². The fraction of sp³-hybridized carbons (Fsp3) is 0.208. The molecule has 0 atom stereocenters. The number of anilines is 1. The Hall–Kier alpha value is -3.98. The Labute approximate surface area is 202 Å². The van der Waals surface area contributed by atoms with E-state index in [0.717, 1.165) is 58.7 Å². The van der Waals surface area contributed by atoms with E-state index >= 15 is 0 Å². The lowest BCUT2D eigenvalue weighted by Crippen LogP contribution is -2.16. The van der Waals surface area contributed by atoms with Crippen molar-refractivity contribution < 1.29 is 0 Å². The Morgan fingerprint density at radius 3 is 2.91 bits per heavy atom. The SMILES string of the molecule is CN/C(=C\C=N)Nc1nccc(-c2cc3n(c2)CCCn2c(Cc4ccccc4Cl)nnc2-3)n1. The molecule has 0 amide bonds. The van der Waals surface area contributed by atoms with Crippen LogP contribution in [0.4, 0.5) is 5.95 Å². The van der Waals surface area contributed by atoms with Crippen molar-refractivity contribution >= 4 is 23.8 Å². The number of halogens is 1. The summed E-state index contributed by atoms with van der Waals surface area (Å²) < 4.78 is 4.41. The first-order valence-corrected chi connectivity index (χ1v) is 11.4. The topological polar surface area (TPSA) is 109 Å². The molecule has 0 saturated carbocycles.